The van der Waals surface area contributed by atoms with Crippen LogP contribution >= 0.6 is 0 Å². The lowest BCUT2D eigenvalue weighted by atomic mass is 10.1. The van der Waals surface area contributed by atoms with Crippen molar-refractivity contribution in [2.75, 3.05) is 12.5 Å². The lowest BCUT2D eigenvalue weighted by Crippen LogP contribution is -2.32. The molecule has 0 spiro atoms. The summed E-state index contributed by atoms with van der Waals surface area (Å²) in [6.45, 7) is 3.60. The van der Waals surface area contributed by atoms with Gasteiger partial charge in [0.25, 0.3) is 0 Å². The Labute approximate surface area is 194 Å². The second-order valence-electron chi connectivity index (χ2n) is 8.59. The molecule has 2 N–H and O–H groups in total. The summed E-state index contributed by atoms with van der Waals surface area (Å²) in [5.74, 6) is -1.27. The number of benzene rings is 2. The van der Waals surface area contributed by atoms with Gasteiger partial charge < -0.3 is 10.6 Å². The summed E-state index contributed by atoms with van der Waals surface area (Å²) in [7, 11) is -6.57. The Bertz CT molecular complexity index is 1150. The summed E-state index contributed by atoms with van der Waals surface area (Å²) in [5.41, 5.74) is 1.53. The Kier molecular flexibility index (Phi) is 6.99. The Morgan fingerprint density at radius 1 is 0.697 bits per heavy atom. The van der Waals surface area contributed by atoms with Gasteiger partial charge in [0.15, 0.2) is 19.7 Å². The molecule has 0 saturated heterocycles. The minimum atomic E-state index is -3.29. The third kappa shape index (κ3) is 6.20. The van der Waals surface area contributed by atoms with Crippen molar-refractivity contribution >= 4 is 31.5 Å². The first kappa shape index (κ1) is 24.9. The van der Waals surface area contributed by atoms with E-state index in [2.05, 4.69) is 10.6 Å². The number of hydrogen-bond donors (Lipinski definition) is 2. The Morgan fingerprint density at radius 3 is 1.27 bits per heavy atom. The van der Waals surface area contributed by atoms with E-state index in [1.165, 1.54) is 24.3 Å². The Balaban J connectivity index is 1.53. The molecule has 1 saturated carbocycles. The van der Waals surface area contributed by atoms with Gasteiger partial charge in [0.1, 0.15) is 0 Å². The maximum absolute atomic E-state index is 12.6. The second-order valence-corrected chi connectivity index (χ2v) is 12.6. The number of sulfone groups is 2. The van der Waals surface area contributed by atoms with Gasteiger partial charge in [-0.25, -0.2) is 16.8 Å². The van der Waals surface area contributed by atoms with E-state index in [1.54, 1.807) is 38.1 Å². The first-order valence-electron chi connectivity index (χ1n) is 10.5. The number of carbonyl (C=O) groups excluding carboxylic acids is 2. The van der Waals surface area contributed by atoms with Gasteiger partial charge in [0, 0.05) is 12.5 Å². The number of hydrogen-bond acceptors (Lipinski definition) is 6. The van der Waals surface area contributed by atoms with Gasteiger partial charge in [-0.05, 0) is 55.7 Å². The topological polar surface area (TPSA) is 126 Å². The van der Waals surface area contributed by atoms with Gasteiger partial charge in [-0.2, -0.15) is 0 Å². The molecule has 1 fully saturated rings. The summed E-state index contributed by atoms with van der Waals surface area (Å²) in [4.78, 5) is 25.6. The van der Waals surface area contributed by atoms with Crippen LogP contribution < -0.4 is 10.6 Å². The lowest BCUT2D eigenvalue weighted by molar-refractivity contribution is -0.128. The van der Waals surface area contributed by atoms with Crippen molar-refractivity contribution < 1.29 is 26.4 Å². The zero-order chi connectivity index (χ0) is 24.6. The predicted molar refractivity (Wildman–Crippen MR) is 124 cm³/mol. The summed E-state index contributed by atoms with van der Waals surface area (Å²) >= 11 is 0. The van der Waals surface area contributed by atoms with Crippen LogP contribution in [0.3, 0.4) is 0 Å². The standard InChI is InChI=1S/C23H28N2O6S2/c1-14(16-5-9-18(10-6-16)32(3,28)29)24-22(26)20-13-21(20)23(27)25-15(2)17-7-11-19(12-8-17)33(4,30)31/h5-12,14-15,20-21H,13H2,1-4H3,(H,24,26)(H,25,27)/t14-,15-,20-,21+/m0/s1. The molecule has 0 aromatic heterocycles. The highest BCUT2D eigenvalue weighted by atomic mass is 32.2. The van der Waals surface area contributed by atoms with Gasteiger partial charge in [-0.3, -0.25) is 9.59 Å². The fourth-order valence-corrected chi connectivity index (χ4v) is 4.85. The van der Waals surface area contributed by atoms with Crippen LogP contribution in [0.2, 0.25) is 0 Å². The molecule has 33 heavy (non-hydrogen) atoms. The minimum Gasteiger partial charge on any atom is -0.349 e. The van der Waals surface area contributed by atoms with E-state index in [-0.39, 0.29) is 33.7 Å². The van der Waals surface area contributed by atoms with Gasteiger partial charge in [-0.15, -0.1) is 0 Å². The fourth-order valence-electron chi connectivity index (χ4n) is 3.59. The highest BCUT2D eigenvalue weighted by Crippen LogP contribution is 2.39. The van der Waals surface area contributed by atoms with Crippen LogP contribution in [-0.4, -0.2) is 41.2 Å². The van der Waals surface area contributed by atoms with Crippen LogP contribution in [0, 0.1) is 11.8 Å². The van der Waals surface area contributed by atoms with Crippen molar-refractivity contribution in [1.82, 2.24) is 10.6 Å². The zero-order valence-corrected chi connectivity index (χ0v) is 20.5. The predicted octanol–water partition coefficient (Wildman–Crippen LogP) is 2.18. The lowest BCUT2D eigenvalue weighted by Gasteiger charge is -2.16. The normalized spacial score (nSPS) is 19.9. The smallest absolute Gasteiger partial charge is 0.224 e. The molecule has 0 unspecified atom stereocenters. The molecule has 4 atom stereocenters. The highest BCUT2D eigenvalue weighted by Gasteiger charge is 2.48. The van der Waals surface area contributed by atoms with Crippen LogP contribution in [-0.2, 0) is 29.3 Å². The van der Waals surface area contributed by atoms with Gasteiger partial charge >= 0.3 is 0 Å². The molecule has 178 valence electrons. The third-order valence-electron chi connectivity index (χ3n) is 5.80. The van der Waals surface area contributed by atoms with Gasteiger partial charge in [0.05, 0.1) is 33.7 Å². The van der Waals surface area contributed by atoms with Crippen molar-refractivity contribution in [3.63, 3.8) is 0 Å². The monoisotopic (exact) mass is 492 g/mol. The number of amides is 2. The van der Waals surface area contributed by atoms with Crippen molar-refractivity contribution in [1.29, 1.82) is 0 Å². The van der Waals surface area contributed by atoms with E-state index >= 15 is 0 Å². The molecule has 0 aliphatic heterocycles. The van der Waals surface area contributed by atoms with E-state index in [0.717, 1.165) is 23.6 Å². The molecule has 1 aliphatic rings. The van der Waals surface area contributed by atoms with Gasteiger partial charge in [-0.1, -0.05) is 24.3 Å². The molecule has 0 radical (unpaired) electrons. The largest absolute Gasteiger partial charge is 0.349 e. The number of nitrogens with one attached hydrogen (secondary N) is 2. The van der Waals surface area contributed by atoms with E-state index < -0.39 is 31.5 Å². The zero-order valence-electron chi connectivity index (χ0n) is 18.9. The molecular weight excluding hydrogens is 464 g/mol. The average molecular weight is 493 g/mol. The summed E-state index contributed by atoms with van der Waals surface area (Å²) in [6, 6.07) is 12.0. The minimum absolute atomic E-state index is 0.212. The molecule has 2 aromatic carbocycles. The van der Waals surface area contributed by atoms with Crippen molar-refractivity contribution in [2.24, 2.45) is 11.8 Å². The molecule has 2 aromatic rings. The van der Waals surface area contributed by atoms with Gasteiger partial charge in [0.2, 0.25) is 11.8 Å². The SMILES string of the molecule is C[C@H](NC(=O)[C@H]1C[C@H]1C(=O)N[C@@H](C)c1ccc(S(C)(=O)=O)cc1)c1ccc(S(C)(=O)=O)cc1. The van der Waals surface area contributed by atoms with E-state index in [9.17, 15) is 26.4 Å². The Hall–Kier alpha value is -2.72. The van der Waals surface area contributed by atoms with E-state index in [1.807, 2.05) is 0 Å². The summed E-state index contributed by atoms with van der Waals surface area (Å²) in [5, 5.41) is 5.76. The summed E-state index contributed by atoms with van der Waals surface area (Å²) in [6.07, 6.45) is 2.73. The quantitative estimate of drug-likeness (QED) is 0.582. The Morgan fingerprint density at radius 2 is 1.00 bits per heavy atom. The van der Waals surface area contributed by atoms with Crippen LogP contribution in [0.1, 0.15) is 43.5 Å². The highest BCUT2D eigenvalue weighted by molar-refractivity contribution is 7.91. The maximum atomic E-state index is 12.6. The number of rotatable bonds is 8. The van der Waals surface area contributed by atoms with Crippen LogP contribution in [0.15, 0.2) is 58.3 Å². The maximum Gasteiger partial charge on any atom is 0.224 e. The second kappa shape index (κ2) is 9.26. The molecule has 0 heterocycles. The van der Waals surface area contributed by atoms with Crippen LogP contribution in [0.5, 0.6) is 0 Å². The summed E-state index contributed by atoms with van der Waals surface area (Å²) < 4.78 is 46.3. The van der Waals surface area contributed by atoms with E-state index in [0.29, 0.717) is 6.42 Å². The average Bonchev–Trinajstić information content (AvgIpc) is 3.54. The molecule has 8 nitrogen and oxygen atoms in total. The van der Waals surface area contributed by atoms with Crippen LogP contribution in [0.4, 0.5) is 0 Å². The van der Waals surface area contributed by atoms with Crippen molar-refractivity contribution in [3.8, 4) is 0 Å². The third-order valence-corrected chi connectivity index (χ3v) is 8.05. The molecule has 2 amide bonds. The van der Waals surface area contributed by atoms with Crippen molar-refractivity contribution in [3.05, 3.63) is 59.7 Å². The molecule has 10 heteroatoms. The van der Waals surface area contributed by atoms with Crippen LogP contribution in [0.25, 0.3) is 0 Å². The van der Waals surface area contributed by atoms with Crippen molar-refractivity contribution in [2.45, 2.75) is 42.1 Å². The first-order chi connectivity index (χ1) is 15.3. The molecule has 1 aliphatic carbocycles. The first-order valence-corrected chi connectivity index (χ1v) is 14.3. The molecule has 0 bridgehead atoms. The van der Waals surface area contributed by atoms with E-state index in [4.69, 9.17) is 0 Å². The number of carbonyl (C=O) groups is 2. The fraction of sp³-hybridized carbons (Fsp3) is 0.391. The molecular formula is C23H28N2O6S2. The molecule has 3 rings (SSSR count).